The highest BCUT2D eigenvalue weighted by molar-refractivity contribution is 7.99. The Hall–Kier alpha value is -0.460. The molecule has 2 N–H and O–H groups in total. The van der Waals surface area contributed by atoms with Gasteiger partial charge in [0.15, 0.2) is 0 Å². The Bertz CT molecular complexity index is 509. The number of carbonyl (C=O) groups is 1. The van der Waals surface area contributed by atoms with E-state index in [1.165, 1.54) is 12.8 Å². The van der Waals surface area contributed by atoms with E-state index in [4.69, 9.17) is 0 Å². The van der Waals surface area contributed by atoms with Crippen LogP contribution in [0.3, 0.4) is 0 Å². The van der Waals surface area contributed by atoms with Crippen molar-refractivity contribution in [2.24, 2.45) is 5.92 Å². The van der Waals surface area contributed by atoms with Crippen LogP contribution in [0.5, 0.6) is 0 Å². The van der Waals surface area contributed by atoms with Crippen LogP contribution in [-0.2, 0) is 4.79 Å². The maximum Gasteiger partial charge on any atom is 0.241 e. The number of nitrogens with zero attached hydrogens (tertiary/aromatic N) is 1. The number of carbonyl (C=O) groups excluding carboxylic acids is 1. The van der Waals surface area contributed by atoms with Crippen LogP contribution in [0.2, 0.25) is 0 Å². The molecule has 0 saturated carbocycles. The van der Waals surface area contributed by atoms with Gasteiger partial charge in [0, 0.05) is 31.1 Å². The van der Waals surface area contributed by atoms with Crippen molar-refractivity contribution in [2.75, 3.05) is 44.2 Å². The lowest BCUT2D eigenvalue weighted by molar-refractivity contribution is -0.126. The molecule has 2 fully saturated rings. The largest absolute Gasteiger partial charge is 0.354 e. The van der Waals surface area contributed by atoms with Crippen LogP contribution in [-0.4, -0.2) is 55.0 Å². The van der Waals surface area contributed by atoms with Crippen molar-refractivity contribution in [2.45, 2.75) is 25.3 Å². The van der Waals surface area contributed by atoms with Crippen molar-refractivity contribution < 1.29 is 4.79 Å². The summed E-state index contributed by atoms with van der Waals surface area (Å²) < 4.78 is 0. The molecule has 0 spiro atoms. The van der Waals surface area contributed by atoms with Gasteiger partial charge in [-0.3, -0.25) is 9.69 Å². The van der Waals surface area contributed by atoms with E-state index in [0.717, 1.165) is 56.2 Å². The van der Waals surface area contributed by atoms with Gasteiger partial charge in [0.05, 0.1) is 0 Å². The summed E-state index contributed by atoms with van der Waals surface area (Å²) in [6, 6.07) is 10.1. The molecule has 7 heteroatoms. The fraction of sp³-hybridized carbons (Fsp3) is 0.632. The molecule has 1 aromatic rings. The van der Waals surface area contributed by atoms with Gasteiger partial charge in [-0.15, -0.1) is 24.8 Å². The van der Waals surface area contributed by atoms with Gasteiger partial charge in [-0.25, -0.2) is 0 Å². The summed E-state index contributed by atoms with van der Waals surface area (Å²) in [5.41, 5.74) is 1.11. The van der Waals surface area contributed by atoms with Crippen LogP contribution >= 0.6 is 36.6 Å². The van der Waals surface area contributed by atoms with E-state index >= 15 is 0 Å². The van der Waals surface area contributed by atoms with Crippen LogP contribution in [0.15, 0.2) is 30.3 Å². The molecule has 4 nitrogen and oxygen atoms in total. The van der Waals surface area contributed by atoms with Crippen LogP contribution in [0.25, 0.3) is 0 Å². The van der Waals surface area contributed by atoms with Crippen LogP contribution in [0.4, 0.5) is 0 Å². The SMILES string of the molecule is Cl.Cl.O=C(NCCC1CCCNC1)C(c1ccccc1)N1CCSCC1. The second-order valence-corrected chi connectivity index (χ2v) is 7.98. The average Bonchev–Trinajstić information content (AvgIpc) is 2.65. The zero-order valence-corrected chi connectivity index (χ0v) is 17.6. The number of hydrogen-bond donors (Lipinski definition) is 2. The van der Waals surface area contributed by atoms with Crippen molar-refractivity contribution in [1.82, 2.24) is 15.5 Å². The number of piperidine rings is 1. The molecule has 0 aliphatic carbocycles. The van der Waals surface area contributed by atoms with Gasteiger partial charge in [0.2, 0.25) is 5.91 Å². The van der Waals surface area contributed by atoms with Crippen LogP contribution in [0, 0.1) is 5.92 Å². The van der Waals surface area contributed by atoms with Gasteiger partial charge in [-0.1, -0.05) is 30.3 Å². The minimum absolute atomic E-state index is 0. The summed E-state index contributed by atoms with van der Waals surface area (Å²) >= 11 is 1.98. The monoisotopic (exact) mass is 419 g/mol. The van der Waals surface area contributed by atoms with Gasteiger partial charge in [0.1, 0.15) is 6.04 Å². The van der Waals surface area contributed by atoms with E-state index in [-0.39, 0.29) is 36.8 Å². The van der Waals surface area contributed by atoms with E-state index in [2.05, 4.69) is 27.7 Å². The smallest absolute Gasteiger partial charge is 0.241 e. The lowest BCUT2D eigenvalue weighted by atomic mass is 9.96. The first kappa shape index (κ1) is 23.6. The Morgan fingerprint density at radius 1 is 1.23 bits per heavy atom. The van der Waals surface area contributed by atoms with E-state index in [9.17, 15) is 4.79 Å². The van der Waals surface area contributed by atoms with E-state index in [1.54, 1.807) is 0 Å². The molecule has 2 aliphatic rings. The fourth-order valence-electron chi connectivity index (χ4n) is 3.67. The first-order valence-electron chi connectivity index (χ1n) is 9.20. The lowest BCUT2D eigenvalue weighted by Gasteiger charge is -2.33. The Morgan fingerprint density at radius 2 is 1.96 bits per heavy atom. The number of hydrogen-bond acceptors (Lipinski definition) is 4. The molecular weight excluding hydrogens is 389 g/mol. The normalized spacial score (nSPS) is 21.8. The minimum atomic E-state index is -0.142. The van der Waals surface area contributed by atoms with Gasteiger partial charge >= 0.3 is 0 Å². The second-order valence-electron chi connectivity index (χ2n) is 6.75. The quantitative estimate of drug-likeness (QED) is 0.742. The van der Waals surface area contributed by atoms with E-state index < -0.39 is 0 Å². The van der Waals surface area contributed by atoms with Gasteiger partial charge in [-0.2, -0.15) is 11.8 Å². The van der Waals surface area contributed by atoms with E-state index in [1.807, 2.05) is 30.0 Å². The Labute approximate surface area is 174 Å². The summed E-state index contributed by atoms with van der Waals surface area (Å²) in [4.78, 5) is 15.2. The zero-order valence-electron chi connectivity index (χ0n) is 15.2. The first-order chi connectivity index (χ1) is 11.8. The molecule has 2 atom stereocenters. The standard InChI is InChI=1S/C19H29N3OS.2ClH/c23-19(21-10-8-16-5-4-9-20-15-16)18(17-6-2-1-3-7-17)22-11-13-24-14-12-22;;/h1-3,6-7,16,18,20H,4-5,8-15H2,(H,21,23);2*1H. The molecule has 148 valence electrons. The number of thioether (sulfide) groups is 1. The molecule has 26 heavy (non-hydrogen) atoms. The van der Waals surface area contributed by atoms with Crippen LogP contribution in [0.1, 0.15) is 30.9 Å². The van der Waals surface area contributed by atoms with E-state index in [0.29, 0.717) is 5.92 Å². The summed E-state index contributed by atoms with van der Waals surface area (Å²) in [6.07, 6.45) is 3.63. The Kier molecular flexibility index (Phi) is 11.6. The Balaban J connectivity index is 0.00000169. The number of amides is 1. The summed E-state index contributed by atoms with van der Waals surface area (Å²) in [6.45, 7) is 5.01. The van der Waals surface area contributed by atoms with Crippen molar-refractivity contribution in [3.05, 3.63) is 35.9 Å². The minimum Gasteiger partial charge on any atom is -0.354 e. The number of benzene rings is 1. The summed E-state index contributed by atoms with van der Waals surface area (Å²) in [5.74, 6) is 3.10. The van der Waals surface area contributed by atoms with Gasteiger partial charge < -0.3 is 10.6 Å². The molecule has 2 saturated heterocycles. The molecule has 0 radical (unpaired) electrons. The number of halogens is 2. The zero-order chi connectivity index (χ0) is 16.6. The molecule has 1 amide bonds. The molecule has 2 unspecified atom stereocenters. The van der Waals surface area contributed by atoms with Crippen molar-refractivity contribution in [3.63, 3.8) is 0 Å². The van der Waals surface area contributed by atoms with Gasteiger partial charge in [0.25, 0.3) is 0 Å². The highest BCUT2D eigenvalue weighted by atomic mass is 35.5. The molecule has 0 bridgehead atoms. The predicted octanol–water partition coefficient (Wildman–Crippen LogP) is 3.13. The fourth-order valence-corrected chi connectivity index (χ4v) is 4.60. The summed E-state index contributed by atoms with van der Waals surface area (Å²) in [7, 11) is 0. The third kappa shape index (κ3) is 6.93. The molecule has 3 rings (SSSR count). The predicted molar refractivity (Wildman–Crippen MR) is 116 cm³/mol. The molecular formula is C19H31Cl2N3OS. The number of rotatable bonds is 6. The second kappa shape index (κ2) is 12.8. The molecule has 2 heterocycles. The topological polar surface area (TPSA) is 44.4 Å². The van der Waals surface area contributed by atoms with Crippen molar-refractivity contribution >= 4 is 42.5 Å². The highest BCUT2D eigenvalue weighted by Crippen LogP contribution is 2.24. The third-order valence-electron chi connectivity index (χ3n) is 5.03. The maximum absolute atomic E-state index is 12.9. The highest BCUT2D eigenvalue weighted by Gasteiger charge is 2.28. The van der Waals surface area contributed by atoms with Crippen molar-refractivity contribution in [3.8, 4) is 0 Å². The average molecular weight is 420 g/mol. The summed E-state index contributed by atoms with van der Waals surface area (Å²) in [5, 5.41) is 6.66. The Morgan fingerprint density at radius 3 is 2.62 bits per heavy atom. The van der Waals surface area contributed by atoms with Gasteiger partial charge in [-0.05, 0) is 43.8 Å². The van der Waals surface area contributed by atoms with Crippen molar-refractivity contribution in [1.29, 1.82) is 0 Å². The molecule has 1 aromatic carbocycles. The number of nitrogens with one attached hydrogen (secondary N) is 2. The molecule has 0 aromatic heterocycles. The maximum atomic E-state index is 12.9. The third-order valence-corrected chi connectivity index (χ3v) is 5.97. The molecule has 2 aliphatic heterocycles. The van der Waals surface area contributed by atoms with Crippen LogP contribution < -0.4 is 10.6 Å². The lowest BCUT2D eigenvalue weighted by Crippen LogP contribution is -2.44. The first-order valence-corrected chi connectivity index (χ1v) is 10.4.